The Bertz CT molecular complexity index is 629. The van der Waals surface area contributed by atoms with E-state index in [1.54, 1.807) is 10.5 Å². The van der Waals surface area contributed by atoms with Crippen molar-refractivity contribution in [3.63, 3.8) is 0 Å². The van der Waals surface area contributed by atoms with Crippen molar-refractivity contribution in [2.75, 3.05) is 26.2 Å². The Labute approximate surface area is 156 Å². The lowest BCUT2D eigenvalue weighted by atomic mass is 9.97. The van der Waals surface area contributed by atoms with Gasteiger partial charge in [0.2, 0.25) is 0 Å². The molecule has 3 rings (SSSR count). The van der Waals surface area contributed by atoms with E-state index >= 15 is 0 Å². The molecule has 1 unspecified atom stereocenters. The molecule has 1 aromatic carbocycles. The van der Waals surface area contributed by atoms with Crippen molar-refractivity contribution in [2.24, 2.45) is 0 Å². The Balaban J connectivity index is 1.44. The first-order chi connectivity index (χ1) is 12.8. The van der Waals surface area contributed by atoms with Crippen molar-refractivity contribution in [3.8, 4) is 5.75 Å². The number of hydrogen-bond acceptors (Lipinski definition) is 4. The highest BCUT2D eigenvalue weighted by Gasteiger charge is 2.30. The van der Waals surface area contributed by atoms with Gasteiger partial charge in [0.15, 0.2) is 6.10 Å². The summed E-state index contributed by atoms with van der Waals surface area (Å²) < 4.78 is 11.3. The van der Waals surface area contributed by atoms with E-state index in [0.29, 0.717) is 19.7 Å². The fourth-order valence-corrected chi connectivity index (χ4v) is 3.50. The second kappa shape index (κ2) is 9.62. The number of cyclic esters (lactones) is 1. The fraction of sp³-hybridized carbons (Fsp3) is 0.571. The molecule has 5 nitrogen and oxygen atoms in total. The minimum atomic E-state index is -0.243. The summed E-state index contributed by atoms with van der Waals surface area (Å²) in [5.41, 5.74) is 2.73. The van der Waals surface area contributed by atoms with E-state index < -0.39 is 0 Å². The van der Waals surface area contributed by atoms with Gasteiger partial charge in [-0.3, -0.25) is 0 Å². The number of ether oxygens (including phenoxy) is 2. The highest BCUT2D eigenvalue weighted by atomic mass is 16.6. The van der Waals surface area contributed by atoms with Gasteiger partial charge >= 0.3 is 6.09 Å². The van der Waals surface area contributed by atoms with Crippen LogP contribution < -0.4 is 10.1 Å². The van der Waals surface area contributed by atoms with Crippen molar-refractivity contribution in [1.82, 2.24) is 10.2 Å². The summed E-state index contributed by atoms with van der Waals surface area (Å²) in [5, 5.41) is 3.53. The monoisotopic (exact) mass is 358 g/mol. The Morgan fingerprint density at radius 3 is 2.96 bits per heavy atom. The first-order valence-electron chi connectivity index (χ1n) is 9.81. The lowest BCUT2D eigenvalue weighted by Crippen LogP contribution is -2.26. The van der Waals surface area contributed by atoms with Crippen molar-refractivity contribution in [3.05, 3.63) is 41.5 Å². The number of nitrogens with zero attached hydrogens (tertiary/aromatic N) is 1. The summed E-state index contributed by atoms with van der Waals surface area (Å²) in [5.74, 6) is 0.864. The van der Waals surface area contributed by atoms with Gasteiger partial charge in [0, 0.05) is 18.7 Å². The molecule has 1 aliphatic carbocycles. The Morgan fingerprint density at radius 1 is 1.31 bits per heavy atom. The van der Waals surface area contributed by atoms with E-state index in [1.807, 2.05) is 25.1 Å². The zero-order valence-corrected chi connectivity index (χ0v) is 15.7. The molecule has 1 heterocycles. The summed E-state index contributed by atoms with van der Waals surface area (Å²) in [7, 11) is 0. The van der Waals surface area contributed by atoms with Gasteiger partial charge in [-0.05, 0) is 51.6 Å². The second-order valence-electron chi connectivity index (χ2n) is 7.00. The fourth-order valence-electron chi connectivity index (χ4n) is 3.50. The van der Waals surface area contributed by atoms with E-state index in [0.717, 1.165) is 30.8 Å². The molecular formula is C21H30N2O3. The Morgan fingerprint density at radius 2 is 2.19 bits per heavy atom. The lowest BCUT2D eigenvalue weighted by molar-refractivity contribution is 0.102. The third-order valence-electron chi connectivity index (χ3n) is 5.05. The van der Waals surface area contributed by atoms with Crippen LogP contribution in [0.25, 0.3) is 0 Å². The number of carbonyl (C=O) groups excluding carboxylic acids is 1. The second-order valence-corrected chi connectivity index (χ2v) is 7.00. The number of para-hydroxylation sites is 1. The zero-order chi connectivity index (χ0) is 18.2. The number of benzene rings is 1. The smallest absolute Gasteiger partial charge is 0.410 e. The van der Waals surface area contributed by atoms with Gasteiger partial charge in [0.05, 0.1) is 6.54 Å². The van der Waals surface area contributed by atoms with Crippen LogP contribution in [0.4, 0.5) is 4.79 Å². The van der Waals surface area contributed by atoms with E-state index in [2.05, 4.69) is 17.5 Å². The van der Waals surface area contributed by atoms with Gasteiger partial charge in [-0.1, -0.05) is 29.8 Å². The zero-order valence-electron chi connectivity index (χ0n) is 15.7. The third-order valence-corrected chi connectivity index (χ3v) is 5.05. The predicted molar refractivity (Wildman–Crippen MR) is 102 cm³/mol. The van der Waals surface area contributed by atoms with Crippen molar-refractivity contribution < 1.29 is 14.3 Å². The molecule has 0 saturated carbocycles. The van der Waals surface area contributed by atoms with Crippen LogP contribution in [0.5, 0.6) is 5.75 Å². The molecule has 0 aromatic heterocycles. The molecule has 1 aliphatic heterocycles. The Hall–Kier alpha value is -2.01. The summed E-state index contributed by atoms with van der Waals surface area (Å²) in [6, 6.07) is 8.07. The average Bonchev–Trinajstić information content (AvgIpc) is 3.05. The number of likely N-dealkylation sites (N-methyl/N-ethyl adjacent to an activating group) is 1. The topological polar surface area (TPSA) is 50.8 Å². The molecule has 0 spiro atoms. The van der Waals surface area contributed by atoms with Crippen LogP contribution in [0.1, 0.15) is 44.6 Å². The number of hydrogen-bond donors (Lipinski definition) is 1. The van der Waals surface area contributed by atoms with Crippen LogP contribution in [0, 0.1) is 0 Å². The normalized spacial score (nSPS) is 20.0. The first-order valence-corrected chi connectivity index (χ1v) is 9.81. The molecule has 1 saturated heterocycles. The van der Waals surface area contributed by atoms with Gasteiger partial charge < -0.3 is 19.7 Å². The highest BCUT2D eigenvalue weighted by molar-refractivity contribution is 5.69. The lowest BCUT2D eigenvalue weighted by Gasteiger charge is -2.15. The summed E-state index contributed by atoms with van der Waals surface area (Å²) >= 11 is 0. The molecule has 1 fully saturated rings. The van der Waals surface area contributed by atoms with Gasteiger partial charge in [0.1, 0.15) is 12.4 Å². The van der Waals surface area contributed by atoms with Crippen LogP contribution in [0.3, 0.4) is 0 Å². The minimum Gasteiger partial charge on any atom is -0.489 e. The van der Waals surface area contributed by atoms with Crippen molar-refractivity contribution in [2.45, 2.75) is 51.7 Å². The van der Waals surface area contributed by atoms with E-state index in [9.17, 15) is 4.79 Å². The Kier molecular flexibility index (Phi) is 6.95. The standard InChI is InChI=1S/C21H30N2O3/c1-2-23-15-19(26-21(23)24)16-25-20-11-7-6-10-18(20)14-22-13-12-17-8-4-3-5-9-17/h6-8,10-11,19,22H,2-5,9,12-16H2,1H3. The SMILES string of the molecule is CCN1CC(COc2ccccc2CNCCC2=CCCCC2)OC1=O. The van der Waals surface area contributed by atoms with Gasteiger partial charge in [-0.15, -0.1) is 0 Å². The average molecular weight is 358 g/mol. The van der Waals surface area contributed by atoms with Crippen LogP contribution in [0.2, 0.25) is 0 Å². The molecule has 1 N–H and O–H groups in total. The quantitative estimate of drug-likeness (QED) is 0.537. The van der Waals surface area contributed by atoms with Crippen LogP contribution in [-0.2, 0) is 11.3 Å². The first kappa shape index (κ1) is 18.8. The maximum atomic E-state index is 11.6. The number of carbonyl (C=O) groups is 1. The molecule has 1 aromatic rings. The van der Waals surface area contributed by atoms with Gasteiger partial charge in [-0.2, -0.15) is 0 Å². The van der Waals surface area contributed by atoms with Gasteiger partial charge in [-0.25, -0.2) is 4.79 Å². The maximum absolute atomic E-state index is 11.6. The number of nitrogens with one attached hydrogen (secondary N) is 1. The van der Waals surface area contributed by atoms with E-state index in [1.165, 1.54) is 25.7 Å². The van der Waals surface area contributed by atoms with E-state index in [-0.39, 0.29) is 12.2 Å². The molecule has 142 valence electrons. The molecule has 2 aliphatic rings. The molecular weight excluding hydrogens is 328 g/mol. The number of amides is 1. The molecule has 1 atom stereocenters. The van der Waals surface area contributed by atoms with Crippen LogP contribution >= 0.6 is 0 Å². The van der Waals surface area contributed by atoms with Crippen molar-refractivity contribution >= 4 is 6.09 Å². The molecule has 26 heavy (non-hydrogen) atoms. The van der Waals surface area contributed by atoms with Gasteiger partial charge in [0.25, 0.3) is 0 Å². The summed E-state index contributed by atoms with van der Waals surface area (Å²) in [4.78, 5) is 13.3. The number of allylic oxidation sites excluding steroid dienone is 1. The maximum Gasteiger partial charge on any atom is 0.410 e. The molecule has 5 heteroatoms. The largest absolute Gasteiger partial charge is 0.489 e. The molecule has 0 bridgehead atoms. The van der Waals surface area contributed by atoms with Crippen LogP contribution in [-0.4, -0.2) is 43.3 Å². The highest BCUT2D eigenvalue weighted by Crippen LogP contribution is 2.21. The number of rotatable bonds is 9. The molecule has 1 amide bonds. The van der Waals surface area contributed by atoms with E-state index in [4.69, 9.17) is 9.47 Å². The summed E-state index contributed by atoms with van der Waals surface area (Å²) in [6.07, 6.45) is 8.29. The molecule has 0 radical (unpaired) electrons. The minimum absolute atomic E-state index is 0.193. The third kappa shape index (κ3) is 5.24. The predicted octanol–water partition coefficient (Wildman–Crippen LogP) is 3.89. The van der Waals surface area contributed by atoms with Crippen LogP contribution in [0.15, 0.2) is 35.9 Å². The van der Waals surface area contributed by atoms with Crippen molar-refractivity contribution in [1.29, 1.82) is 0 Å². The summed E-state index contributed by atoms with van der Waals surface area (Å²) in [6.45, 7) is 5.40.